The molecule has 1 aliphatic heterocycles. The highest BCUT2D eigenvalue weighted by atomic mass is 32.2. The normalized spacial score (nSPS) is 13.8. The molecular formula is C26H23N7OS. The lowest BCUT2D eigenvalue weighted by Crippen LogP contribution is -2.38. The number of fused-ring (bicyclic) bond motifs is 1. The van der Waals surface area contributed by atoms with E-state index in [0.29, 0.717) is 17.3 Å². The number of amides is 1. The molecule has 0 bridgehead atoms. The fourth-order valence-corrected chi connectivity index (χ4v) is 5.09. The molecule has 2 aromatic carbocycles. The van der Waals surface area contributed by atoms with Gasteiger partial charge in [-0.2, -0.15) is 16.9 Å². The van der Waals surface area contributed by atoms with E-state index < -0.39 is 0 Å². The van der Waals surface area contributed by atoms with E-state index >= 15 is 0 Å². The van der Waals surface area contributed by atoms with Gasteiger partial charge in [-0.15, -0.1) is 0 Å². The third-order valence-electron chi connectivity index (χ3n) is 6.05. The smallest absolute Gasteiger partial charge is 0.270 e. The summed E-state index contributed by atoms with van der Waals surface area (Å²) in [7, 11) is 0. The Morgan fingerprint density at radius 1 is 0.971 bits per heavy atom. The van der Waals surface area contributed by atoms with Gasteiger partial charge >= 0.3 is 0 Å². The number of nitrogens with one attached hydrogen (secondary N) is 3. The highest BCUT2D eigenvalue weighted by Crippen LogP contribution is 2.26. The minimum atomic E-state index is 0.0595. The molecule has 9 heteroatoms. The predicted octanol–water partition coefficient (Wildman–Crippen LogP) is 4.95. The lowest BCUT2D eigenvalue weighted by Gasteiger charge is -2.25. The molecule has 35 heavy (non-hydrogen) atoms. The fourth-order valence-electron chi connectivity index (χ4n) is 4.19. The highest BCUT2D eigenvalue weighted by Gasteiger charge is 2.20. The Morgan fingerprint density at radius 2 is 1.80 bits per heavy atom. The summed E-state index contributed by atoms with van der Waals surface area (Å²) in [5.74, 6) is 3.36. The monoisotopic (exact) mass is 481 g/mol. The van der Waals surface area contributed by atoms with Crippen LogP contribution in [0.1, 0.15) is 10.5 Å². The van der Waals surface area contributed by atoms with Gasteiger partial charge in [-0.1, -0.05) is 24.3 Å². The highest BCUT2D eigenvalue weighted by molar-refractivity contribution is 7.99. The van der Waals surface area contributed by atoms with Crippen molar-refractivity contribution >= 4 is 40.1 Å². The fraction of sp³-hybridized carbons (Fsp3) is 0.154. The minimum absolute atomic E-state index is 0.0595. The number of nitrogens with zero attached hydrogens (tertiary/aromatic N) is 4. The Bertz CT molecular complexity index is 1470. The van der Waals surface area contributed by atoms with Gasteiger partial charge in [0.2, 0.25) is 0 Å². The van der Waals surface area contributed by atoms with Crippen molar-refractivity contribution < 1.29 is 4.79 Å². The summed E-state index contributed by atoms with van der Waals surface area (Å²) in [5, 5.41) is 11.2. The van der Waals surface area contributed by atoms with Crippen LogP contribution in [0.3, 0.4) is 0 Å². The first-order chi connectivity index (χ1) is 17.2. The van der Waals surface area contributed by atoms with Crippen LogP contribution in [0.4, 0.5) is 11.5 Å². The minimum Gasteiger partial charge on any atom is -0.351 e. The van der Waals surface area contributed by atoms with Crippen LogP contribution in [0.25, 0.3) is 33.4 Å². The molecular weight excluding hydrogens is 458 g/mol. The number of aromatic amines is 2. The summed E-state index contributed by atoms with van der Waals surface area (Å²) in [6, 6.07) is 17.8. The van der Waals surface area contributed by atoms with Crippen molar-refractivity contribution in [2.45, 2.75) is 0 Å². The Labute approximate surface area is 206 Å². The number of anilines is 2. The van der Waals surface area contributed by atoms with E-state index in [1.54, 1.807) is 12.4 Å². The maximum Gasteiger partial charge on any atom is 0.270 e. The number of carbonyl (C=O) groups excluding carboxylic acids is 1. The van der Waals surface area contributed by atoms with Gasteiger partial charge in [0.1, 0.15) is 11.5 Å². The number of carbonyl (C=O) groups is 1. The largest absolute Gasteiger partial charge is 0.351 e. The van der Waals surface area contributed by atoms with Crippen LogP contribution in [0.5, 0.6) is 0 Å². The van der Waals surface area contributed by atoms with E-state index in [9.17, 15) is 4.79 Å². The second-order valence-corrected chi connectivity index (χ2v) is 9.57. The molecule has 8 nitrogen and oxygen atoms in total. The van der Waals surface area contributed by atoms with Crippen LogP contribution < -0.4 is 5.32 Å². The van der Waals surface area contributed by atoms with Gasteiger partial charge in [-0.25, -0.2) is 9.97 Å². The number of hydrogen-bond acceptors (Lipinski definition) is 6. The zero-order chi connectivity index (χ0) is 23.6. The van der Waals surface area contributed by atoms with Gasteiger partial charge in [0.05, 0.1) is 6.20 Å². The molecule has 1 fully saturated rings. The number of aromatic nitrogens is 5. The van der Waals surface area contributed by atoms with E-state index in [4.69, 9.17) is 4.98 Å². The lowest BCUT2D eigenvalue weighted by atomic mass is 10.1. The van der Waals surface area contributed by atoms with Gasteiger partial charge in [0, 0.05) is 64.7 Å². The predicted molar refractivity (Wildman–Crippen MR) is 140 cm³/mol. The quantitative estimate of drug-likeness (QED) is 0.328. The molecule has 0 saturated carbocycles. The topological polar surface area (TPSA) is 103 Å². The molecule has 4 heterocycles. The Kier molecular flexibility index (Phi) is 5.67. The van der Waals surface area contributed by atoms with E-state index in [0.717, 1.165) is 57.9 Å². The Hall–Kier alpha value is -4.11. The SMILES string of the molecule is O=C(c1cc2ccc(-c3nccc(Nc4ccc(-c5cn[nH]c5)cc4)n3)cc2[nH]1)N1CCSCC1. The molecule has 0 spiro atoms. The van der Waals surface area contributed by atoms with Gasteiger partial charge < -0.3 is 15.2 Å². The summed E-state index contributed by atoms with van der Waals surface area (Å²) in [4.78, 5) is 27.3. The first kappa shape index (κ1) is 21.4. The van der Waals surface area contributed by atoms with Crippen LogP contribution in [0.2, 0.25) is 0 Å². The molecule has 6 rings (SSSR count). The van der Waals surface area contributed by atoms with Crippen molar-refractivity contribution in [3.05, 3.63) is 78.9 Å². The Morgan fingerprint density at radius 3 is 2.60 bits per heavy atom. The number of H-pyrrole nitrogens is 2. The molecule has 0 atom stereocenters. The van der Waals surface area contributed by atoms with Crippen molar-refractivity contribution in [2.24, 2.45) is 0 Å². The number of thioether (sulfide) groups is 1. The van der Waals surface area contributed by atoms with Crippen molar-refractivity contribution in [1.29, 1.82) is 0 Å². The first-order valence-electron chi connectivity index (χ1n) is 11.4. The molecule has 1 aliphatic rings. The van der Waals surface area contributed by atoms with E-state index in [2.05, 4.69) is 25.5 Å². The molecule has 1 saturated heterocycles. The molecule has 3 N–H and O–H groups in total. The maximum absolute atomic E-state index is 12.9. The van der Waals surface area contributed by atoms with Crippen molar-refractivity contribution in [1.82, 2.24) is 30.0 Å². The molecule has 3 aromatic heterocycles. The number of benzene rings is 2. The lowest BCUT2D eigenvalue weighted by molar-refractivity contribution is 0.0767. The second kappa shape index (κ2) is 9.27. The average Bonchev–Trinajstić information content (AvgIpc) is 3.59. The second-order valence-electron chi connectivity index (χ2n) is 8.34. The third kappa shape index (κ3) is 4.50. The van der Waals surface area contributed by atoms with Crippen LogP contribution in [-0.4, -0.2) is 60.6 Å². The number of rotatable bonds is 5. The summed E-state index contributed by atoms with van der Waals surface area (Å²) >= 11 is 1.89. The van der Waals surface area contributed by atoms with Crippen LogP contribution in [0, 0.1) is 0 Å². The summed E-state index contributed by atoms with van der Waals surface area (Å²) < 4.78 is 0. The van der Waals surface area contributed by atoms with Crippen LogP contribution >= 0.6 is 11.8 Å². The molecule has 5 aromatic rings. The van der Waals surface area contributed by atoms with E-state index in [1.807, 2.05) is 77.5 Å². The first-order valence-corrected chi connectivity index (χ1v) is 12.6. The molecule has 1 amide bonds. The standard InChI is InChI=1S/C26H23N7OS/c34-26(33-9-11-35-12-10-33)23-13-18-1-2-19(14-22(18)31-23)25-27-8-7-24(32-25)30-21-5-3-17(4-6-21)20-15-28-29-16-20/h1-8,13-16,31H,9-12H2,(H,28,29)(H,27,30,32). The van der Waals surface area contributed by atoms with Gasteiger partial charge in [-0.3, -0.25) is 9.89 Å². The summed E-state index contributed by atoms with van der Waals surface area (Å²) in [6.07, 6.45) is 5.41. The maximum atomic E-state index is 12.9. The summed E-state index contributed by atoms with van der Waals surface area (Å²) in [5.41, 5.74) is 5.46. The van der Waals surface area contributed by atoms with Crippen LogP contribution in [0.15, 0.2) is 73.2 Å². The van der Waals surface area contributed by atoms with Crippen molar-refractivity contribution in [2.75, 3.05) is 29.9 Å². The Balaban J connectivity index is 1.21. The van der Waals surface area contributed by atoms with Gasteiger partial charge in [0.25, 0.3) is 5.91 Å². The zero-order valence-electron chi connectivity index (χ0n) is 18.9. The average molecular weight is 482 g/mol. The third-order valence-corrected chi connectivity index (χ3v) is 7.00. The zero-order valence-corrected chi connectivity index (χ0v) is 19.7. The molecule has 174 valence electrons. The molecule has 0 aliphatic carbocycles. The van der Waals surface area contributed by atoms with Crippen molar-refractivity contribution in [3.8, 4) is 22.5 Å². The van der Waals surface area contributed by atoms with E-state index in [1.165, 1.54) is 0 Å². The van der Waals surface area contributed by atoms with Gasteiger partial charge in [0.15, 0.2) is 5.82 Å². The van der Waals surface area contributed by atoms with Crippen molar-refractivity contribution in [3.63, 3.8) is 0 Å². The summed E-state index contributed by atoms with van der Waals surface area (Å²) in [6.45, 7) is 1.59. The van der Waals surface area contributed by atoms with Gasteiger partial charge in [-0.05, 0) is 35.9 Å². The van der Waals surface area contributed by atoms with Crippen LogP contribution in [-0.2, 0) is 0 Å². The number of hydrogen-bond donors (Lipinski definition) is 3. The molecule has 0 radical (unpaired) electrons. The van der Waals surface area contributed by atoms with E-state index in [-0.39, 0.29) is 5.91 Å². The molecule has 0 unspecified atom stereocenters.